The Labute approximate surface area is 153 Å². The third kappa shape index (κ3) is 4.48. The van der Waals surface area contributed by atoms with Crippen LogP contribution in [0.25, 0.3) is 0 Å². The Hall–Kier alpha value is -1.69. The molecule has 2 aromatic heterocycles. The van der Waals surface area contributed by atoms with Crippen molar-refractivity contribution in [1.29, 1.82) is 0 Å². The number of likely N-dealkylation sites (tertiary alicyclic amines) is 1. The average molecular weight is 362 g/mol. The van der Waals surface area contributed by atoms with Gasteiger partial charge in [0, 0.05) is 42.2 Å². The molecule has 0 aromatic carbocycles. The number of thioether (sulfide) groups is 1. The number of amides is 1. The Morgan fingerprint density at radius 2 is 2.40 bits per heavy atom. The van der Waals surface area contributed by atoms with Gasteiger partial charge in [0.25, 0.3) is 5.91 Å². The number of rotatable bonds is 7. The normalized spacial score (nSPS) is 17.8. The third-order valence-electron chi connectivity index (χ3n) is 4.80. The van der Waals surface area contributed by atoms with Crippen molar-refractivity contribution in [2.45, 2.75) is 51.2 Å². The summed E-state index contributed by atoms with van der Waals surface area (Å²) in [4.78, 5) is 14.8. The molecule has 0 unspecified atom stereocenters. The van der Waals surface area contributed by atoms with Gasteiger partial charge in [-0.05, 0) is 44.1 Å². The van der Waals surface area contributed by atoms with Gasteiger partial charge in [-0.2, -0.15) is 16.9 Å². The molecule has 136 valence electrons. The molecule has 2 aromatic rings. The Morgan fingerprint density at radius 1 is 1.52 bits per heavy atom. The van der Waals surface area contributed by atoms with Crippen molar-refractivity contribution >= 4 is 17.7 Å². The van der Waals surface area contributed by atoms with E-state index < -0.39 is 0 Å². The van der Waals surface area contributed by atoms with Crippen molar-refractivity contribution in [3.05, 3.63) is 41.1 Å². The fourth-order valence-electron chi connectivity index (χ4n) is 3.26. The zero-order valence-corrected chi connectivity index (χ0v) is 15.9. The van der Waals surface area contributed by atoms with Crippen LogP contribution in [-0.2, 0) is 5.75 Å². The first kappa shape index (κ1) is 18.1. The molecule has 5 nitrogen and oxygen atoms in total. The molecule has 0 radical (unpaired) electrons. The molecular formula is C19H27N3O2S. The van der Waals surface area contributed by atoms with Gasteiger partial charge in [0.15, 0.2) is 5.76 Å². The quantitative estimate of drug-likeness (QED) is 0.744. The van der Waals surface area contributed by atoms with Crippen LogP contribution in [-0.4, -0.2) is 39.8 Å². The number of aromatic nitrogens is 2. The number of aryl methyl sites for hydroxylation is 1. The minimum atomic E-state index is 0.0112. The second-order valence-electron chi connectivity index (χ2n) is 6.70. The van der Waals surface area contributed by atoms with Crippen molar-refractivity contribution in [3.63, 3.8) is 0 Å². The molecular weight excluding hydrogens is 334 g/mol. The third-order valence-corrected chi connectivity index (χ3v) is 5.89. The number of H-pyrrole nitrogens is 1. The van der Waals surface area contributed by atoms with Gasteiger partial charge >= 0.3 is 0 Å². The number of furan rings is 1. The molecule has 0 bridgehead atoms. The molecule has 1 aliphatic heterocycles. The molecule has 0 saturated carbocycles. The highest BCUT2D eigenvalue weighted by atomic mass is 32.2. The average Bonchev–Trinajstić information content (AvgIpc) is 3.28. The van der Waals surface area contributed by atoms with E-state index in [1.807, 2.05) is 35.7 Å². The van der Waals surface area contributed by atoms with Crippen LogP contribution in [0, 0.1) is 6.92 Å². The zero-order valence-electron chi connectivity index (χ0n) is 15.1. The van der Waals surface area contributed by atoms with E-state index in [1.165, 1.54) is 12.8 Å². The van der Waals surface area contributed by atoms with Crippen LogP contribution in [0.5, 0.6) is 0 Å². The summed E-state index contributed by atoms with van der Waals surface area (Å²) in [5.74, 6) is 3.77. The van der Waals surface area contributed by atoms with Gasteiger partial charge in [-0.3, -0.25) is 9.89 Å². The SMILES string of the molecule is CCCCSCc1cc(C(=O)N2CCC[C@@H](c3ccn[nH]3)C2)oc1C. The van der Waals surface area contributed by atoms with Gasteiger partial charge in [0.05, 0.1) is 0 Å². The highest BCUT2D eigenvalue weighted by Gasteiger charge is 2.28. The molecule has 1 amide bonds. The Balaban J connectivity index is 1.62. The number of nitrogens with one attached hydrogen (secondary N) is 1. The molecule has 1 fully saturated rings. The highest BCUT2D eigenvalue weighted by molar-refractivity contribution is 7.98. The van der Waals surface area contributed by atoms with Crippen LogP contribution >= 0.6 is 11.8 Å². The predicted octanol–water partition coefficient (Wildman–Crippen LogP) is 4.36. The molecule has 3 rings (SSSR count). The number of carbonyl (C=O) groups is 1. The van der Waals surface area contributed by atoms with E-state index in [0.29, 0.717) is 11.7 Å². The summed E-state index contributed by atoms with van der Waals surface area (Å²) < 4.78 is 5.79. The number of hydrogen-bond acceptors (Lipinski definition) is 4. The fraction of sp³-hybridized carbons (Fsp3) is 0.579. The molecule has 1 aliphatic rings. The summed E-state index contributed by atoms with van der Waals surface area (Å²) in [5, 5.41) is 7.07. The largest absolute Gasteiger partial charge is 0.456 e. The Morgan fingerprint density at radius 3 is 3.16 bits per heavy atom. The van der Waals surface area contributed by atoms with Crippen molar-refractivity contribution in [1.82, 2.24) is 15.1 Å². The smallest absolute Gasteiger partial charge is 0.289 e. The van der Waals surface area contributed by atoms with Crippen molar-refractivity contribution in [3.8, 4) is 0 Å². The molecule has 3 heterocycles. The van der Waals surface area contributed by atoms with Gasteiger partial charge in [0.2, 0.25) is 0 Å². The van der Waals surface area contributed by atoms with Crippen LogP contribution in [0.4, 0.5) is 0 Å². The van der Waals surface area contributed by atoms with Gasteiger partial charge in [-0.25, -0.2) is 0 Å². The van der Waals surface area contributed by atoms with Crippen LogP contribution < -0.4 is 0 Å². The molecule has 1 N–H and O–H groups in total. The molecule has 1 saturated heterocycles. The summed E-state index contributed by atoms with van der Waals surface area (Å²) >= 11 is 1.91. The van der Waals surface area contributed by atoms with E-state index >= 15 is 0 Å². The first-order valence-corrected chi connectivity index (χ1v) is 10.3. The highest BCUT2D eigenvalue weighted by Crippen LogP contribution is 2.28. The lowest BCUT2D eigenvalue weighted by Gasteiger charge is -2.31. The maximum atomic E-state index is 12.9. The molecule has 6 heteroatoms. The number of aromatic amines is 1. The van der Waals surface area contributed by atoms with Crippen LogP contribution in [0.2, 0.25) is 0 Å². The second kappa shape index (κ2) is 8.61. The van der Waals surface area contributed by atoms with E-state index in [4.69, 9.17) is 4.42 Å². The Bertz CT molecular complexity index is 681. The number of hydrogen-bond donors (Lipinski definition) is 1. The number of carbonyl (C=O) groups excluding carboxylic acids is 1. The monoisotopic (exact) mass is 361 g/mol. The lowest BCUT2D eigenvalue weighted by molar-refractivity contribution is 0.0672. The van der Waals surface area contributed by atoms with Crippen molar-refractivity contribution < 1.29 is 9.21 Å². The van der Waals surface area contributed by atoms with E-state index in [-0.39, 0.29) is 5.91 Å². The van der Waals surface area contributed by atoms with E-state index in [0.717, 1.165) is 54.5 Å². The standard InChI is InChI=1S/C19H27N3O2S/c1-3-4-10-25-13-16-11-18(24-14(16)2)19(23)22-9-5-6-15(12-22)17-7-8-20-21-17/h7-8,11,15H,3-6,9-10,12-13H2,1-2H3,(H,20,21)/t15-/m1/s1. The van der Waals surface area contributed by atoms with Crippen molar-refractivity contribution in [2.75, 3.05) is 18.8 Å². The summed E-state index contributed by atoms with van der Waals surface area (Å²) in [6, 6.07) is 3.94. The summed E-state index contributed by atoms with van der Waals surface area (Å²) in [5.41, 5.74) is 2.26. The molecule has 1 atom stereocenters. The predicted molar refractivity (Wildman–Crippen MR) is 101 cm³/mol. The van der Waals surface area contributed by atoms with Gasteiger partial charge < -0.3 is 9.32 Å². The summed E-state index contributed by atoms with van der Waals surface area (Å²) in [6.45, 7) is 5.68. The maximum Gasteiger partial charge on any atom is 0.289 e. The minimum Gasteiger partial charge on any atom is -0.456 e. The molecule has 25 heavy (non-hydrogen) atoms. The van der Waals surface area contributed by atoms with E-state index in [2.05, 4.69) is 17.1 Å². The number of unbranched alkanes of at least 4 members (excludes halogenated alkanes) is 1. The second-order valence-corrected chi connectivity index (χ2v) is 7.81. The van der Waals surface area contributed by atoms with Gasteiger partial charge in [-0.1, -0.05) is 13.3 Å². The van der Waals surface area contributed by atoms with Crippen LogP contribution in [0.3, 0.4) is 0 Å². The number of piperidine rings is 1. The van der Waals surface area contributed by atoms with Gasteiger partial charge in [-0.15, -0.1) is 0 Å². The minimum absolute atomic E-state index is 0.0112. The van der Waals surface area contributed by atoms with Gasteiger partial charge in [0.1, 0.15) is 5.76 Å². The fourth-order valence-corrected chi connectivity index (χ4v) is 4.41. The number of nitrogens with zero attached hydrogens (tertiary/aromatic N) is 2. The summed E-state index contributed by atoms with van der Waals surface area (Å²) in [7, 11) is 0. The first-order valence-electron chi connectivity index (χ1n) is 9.14. The van der Waals surface area contributed by atoms with Crippen LogP contribution in [0.15, 0.2) is 22.7 Å². The zero-order chi connectivity index (χ0) is 17.6. The molecule has 0 aliphatic carbocycles. The first-order chi connectivity index (χ1) is 12.2. The van der Waals surface area contributed by atoms with E-state index in [9.17, 15) is 4.79 Å². The van der Waals surface area contributed by atoms with Crippen LogP contribution in [0.1, 0.15) is 66.1 Å². The maximum absolute atomic E-state index is 12.9. The van der Waals surface area contributed by atoms with E-state index in [1.54, 1.807) is 6.20 Å². The Kier molecular flexibility index (Phi) is 6.24. The summed E-state index contributed by atoms with van der Waals surface area (Å²) in [6.07, 6.45) is 6.31. The molecule has 0 spiro atoms. The van der Waals surface area contributed by atoms with Crippen molar-refractivity contribution in [2.24, 2.45) is 0 Å². The topological polar surface area (TPSA) is 62.1 Å². The lowest BCUT2D eigenvalue weighted by atomic mass is 9.95. The lowest BCUT2D eigenvalue weighted by Crippen LogP contribution is -2.39.